The van der Waals surface area contributed by atoms with Crippen LogP contribution < -0.4 is 4.74 Å². The molecule has 0 unspecified atom stereocenters. The average molecular weight is 454 g/mol. The molecule has 0 aliphatic rings. The molecule has 0 aliphatic heterocycles. The van der Waals surface area contributed by atoms with Gasteiger partial charge in [0.05, 0.1) is 23.0 Å². The molecule has 0 atom stereocenters. The normalized spacial score (nSPS) is 13.2. The maximum absolute atomic E-state index is 15.1. The van der Waals surface area contributed by atoms with E-state index in [9.17, 15) is 39.1 Å². The monoisotopic (exact) mass is 454 g/mol. The predicted molar refractivity (Wildman–Crippen MR) is 92.6 cm³/mol. The van der Waals surface area contributed by atoms with Crippen molar-refractivity contribution < 1.29 is 48.2 Å². The molecule has 0 saturated heterocycles. The molecule has 0 spiro atoms. The second-order valence-corrected chi connectivity index (χ2v) is 8.68. The van der Waals surface area contributed by atoms with Gasteiger partial charge in [0.25, 0.3) is 20.2 Å². The fourth-order valence-corrected chi connectivity index (χ4v) is 4.38. The molecular formula is C16H10F4O7S2. The van der Waals surface area contributed by atoms with E-state index in [1.165, 1.54) is 0 Å². The van der Waals surface area contributed by atoms with Gasteiger partial charge >= 0.3 is 6.18 Å². The Kier molecular flexibility index (Phi) is 4.77. The Morgan fingerprint density at radius 2 is 1.52 bits per heavy atom. The van der Waals surface area contributed by atoms with Crippen LogP contribution in [-0.4, -0.2) is 33.1 Å². The molecule has 0 saturated carbocycles. The van der Waals surface area contributed by atoms with Crippen LogP contribution in [0.1, 0.15) is 5.56 Å². The van der Waals surface area contributed by atoms with Gasteiger partial charge in [-0.2, -0.15) is 30.0 Å². The van der Waals surface area contributed by atoms with Gasteiger partial charge in [0.1, 0.15) is 16.5 Å². The zero-order valence-corrected chi connectivity index (χ0v) is 15.8. The van der Waals surface area contributed by atoms with Gasteiger partial charge in [-0.15, -0.1) is 0 Å². The lowest BCUT2D eigenvalue weighted by Gasteiger charge is -2.16. The molecular weight excluding hydrogens is 444 g/mol. The van der Waals surface area contributed by atoms with Gasteiger partial charge in [0.2, 0.25) is 0 Å². The third-order valence-corrected chi connectivity index (χ3v) is 5.93. The molecule has 3 aromatic rings. The largest absolute Gasteiger partial charge is 0.496 e. The van der Waals surface area contributed by atoms with Crippen molar-refractivity contribution in [3.63, 3.8) is 0 Å². The molecule has 0 amide bonds. The van der Waals surface area contributed by atoms with E-state index in [-0.39, 0.29) is 0 Å². The molecule has 156 valence electrons. The summed E-state index contributed by atoms with van der Waals surface area (Å²) in [5, 5.41) is -2.82. The van der Waals surface area contributed by atoms with Crippen molar-refractivity contribution >= 4 is 41.8 Å². The zero-order chi connectivity index (χ0) is 21.9. The number of ether oxygens (including phenoxy) is 1. The Hall–Kier alpha value is -2.48. The van der Waals surface area contributed by atoms with Gasteiger partial charge in [0, 0.05) is 22.2 Å². The van der Waals surface area contributed by atoms with Crippen LogP contribution in [0.4, 0.5) is 17.6 Å². The molecule has 0 radical (unpaired) electrons. The summed E-state index contributed by atoms with van der Waals surface area (Å²) in [6, 6.07) is 2.70. The SMILES string of the molecule is COc1cc(S(=O)(=O)O)cc2c(S(=O)(=O)O)c3ccc(C(F)(F)F)cc3c(F)c12. The third-order valence-electron chi connectivity index (χ3n) is 4.14. The van der Waals surface area contributed by atoms with Crippen LogP contribution in [-0.2, 0) is 26.4 Å². The fraction of sp³-hybridized carbons (Fsp3) is 0.125. The van der Waals surface area contributed by atoms with Crippen molar-refractivity contribution in [1.29, 1.82) is 0 Å². The summed E-state index contributed by atoms with van der Waals surface area (Å²) in [5.41, 5.74) is -1.28. The molecule has 3 rings (SSSR count). The van der Waals surface area contributed by atoms with Crippen LogP contribution in [0.2, 0.25) is 0 Å². The van der Waals surface area contributed by atoms with E-state index < -0.39 is 74.9 Å². The second kappa shape index (κ2) is 6.52. The Bertz CT molecular complexity index is 1380. The third kappa shape index (κ3) is 3.61. The average Bonchev–Trinajstić information content (AvgIpc) is 2.57. The lowest BCUT2D eigenvalue weighted by molar-refractivity contribution is -0.137. The number of halogens is 4. The summed E-state index contributed by atoms with van der Waals surface area (Å²) >= 11 is 0. The second-order valence-electron chi connectivity index (χ2n) is 5.90. The highest BCUT2D eigenvalue weighted by Gasteiger charge is 2.33. The lowest BCUT2D eigenvalue weighted by atomic mass is 9.99. The smallest absolute Gasteiger partial charge is 0.416 e. The number of benzene rings is 3. The van der Waals surface area contributed by atoms with Gasteiger partial charge in [-0.05, 0) is 18.2 Å². The Morgan fingerprint density at radius 1 is 0.897 bits per heavy atom. The van der Waals surface area contributed by atoms with E-state index in [1.54, 1.807) is 0 Å². The van der Waals surface area contributed by atoms with Gasteiger partial charge in [-0.25, -0.2) is 4.39 Å². The molecule has 29 heavy (non-hydrogen) atoms. The van der Waals surface area contributed by atoms with E-state index in [1.807, 2.05) is 0 Å². The number of hydrogen-bond acceptors (Lipinski definition) is 5. The Labute approximate surface area is 161 Å². The van der Waals surface area contributed by atoms with E-state index in [4.69, 9.17) is 4.74 Å². The van der Waals surface area contributed by atoms with Crippen LogP contribution >= 0.6 is 0 Å². The maximum atomic E-state index is 15.1. The fourth-order valence-electron chi connectivity index (χ4n) is 2.96. The molecule has 3 aromatic carbocycles. The standard InChI is InChI=1S/C16H10F4O7S2/c1-27-12-6-8(28(21,22)23)5-11-13(12)14(17)10-4-7(16(18,19)20)2-3-9(10)15(11)29(24,25)26/h2-6H,1H3,(H,21,22,23)(H,24,25,26). The molecule has 13 heteroatoms. The number of hydrogen-bond donors (Lipinski definition) is 2. The van der Waals surface area contributed by atoms with Crippen molar-refractivity contribution in [2.24, 2.45) is 0 Å². The number of alkyl halides is 3. The van der Waals surface area contributed by atoms with E-state index in [0.717, 1.165) is 7.11 Å². The summed E-state index contributed by atoms with van der Waals surface area (Å²) < 4.78 is 125. The van der Waals surface area contributed by atoms with Gasteiger partial charge < -0.3 is 4.74 Å². The highest BCUT2D eigenvalue weighted by molar-refractivity contribution is 7.86. The summed E-state index contributed by atoms with van der Waals surface area (Å²) in [6.07, 6.45) is -4.87. The minimum atomic E-state index is -5.19. The maximum Gasteiger partial charge on any atom is 0.416 e. The van der Waals surface area contributed by atoms with Crippen LogP contribution in [0.5, 0.6) is 5.75 Å². The minimum absolute atomic E-state index is 0.356. The molecule has 7 nitrogen and oxygen atoms in total. The first-order valence-electron chi connectivity index (χ1n) is 7.45. The molecule has 0 fully saturated rings. The zero-order valence-electron chi connectivity index (χ0n) is 14.2. The van der Waals surface area contributed by atoms with Crippen molar-refractivity contribution in [2.45, 2.75) is 16.0 Å². The summed E-state index contributed by atoms with van der Waals surface area (Å²) in [5.74, 6) is -1.93. The van der Waals surface area contributed by atoms with E-state index >= 15 is 4.39 Å². The predicted octanol–water partition coefficient (Wildman–Crippen LogP) is 3.65. The van der Waals surface area contributed by atoms with Crippen molar-refractivity contribution in [2.75, 3.05) is 7.11 Å². The summed E-state index contributed by atoms with van der Waals surface area (Å²) in [7, 11) is -9.13. The van der Waals surface area contributed by atoms with Crippen LogP contribution in [0.3, 0.4) is 0 Å². The van der Waals surface area contributed by atoms with Crippen LogP contribution in [0, 0.1) is 5.82 Å². The number of fused-ring (bicyclic) bond motifs is 2. The highest BCUT2D eigenvalue weighted by atomic mass is 32.2. The van der Waals surface area contributed by atoms with Crippen molar-refractivity contribution in [3.8, 4) is 5.75 Å². The summed E-state index contributed by atoms with van der Waals surface area (Å²) in [4.78, 5) is -1.92. The molecule has 0 aliphatic carbocycles. The Morgan fingerprint density at radius 3 is 2.00 bits per heavy atom. The van der Waals surface area contributed by atoms with Gasteiger partial charge in [-0.3, -0.25) is 9.11 Å². The van der Waals surface area contributed by atoms with Crippen LogP contribution in [0.15, 0.2) is 40.1 Å². The first-order chi connectivity index (χ1) is 13.2. The van der Waals surface area contributed by atoms with Crippen molar-refractivity contribution in [3.05, 3.63) is 41.7 Å². The van der Waals surface area contributed by atoms with Gasteiger partial charge in [0.15, 0.2) is 0 Å². The van der Waals surface area contributed by atoms with E-state index in [2.05, 4.69) is 0 Å². The first kappa shape index (κ1) is 21.2. The Balaban J connectivity index is 2.69. The van der Waals surface area contributed by atoms with E-state index in [0.29, 0.717) is 30.3 Å². The molecule has 0 heterocycles. The molecule has 0 bridgehead atoms. The van der Waals surface area contributed by atoms with Crippen LogP contribution in [0.25, 0.3) is 21.5 Å². The number of rotatable bonds is 3. The van der Waals surface area contributed by atoms with Gasteiger partial charge in [-0.1, -0.05) is 6.07 Å². The summed E-state index contributed by atoms with van der Waals surface area (Å²) in [6.45, 7) is 0. The lowest BCUT2D eigenvalue weighted by Crippen LogP contribution is -2.08. The van der Waals surface area contributed by atoms with Crippen molar-refractivity contribution in [1.82, 2.24) is 0 Å². The molecule has 0 aromatic heterocycles. The number of methoxy groups -OCH3 is 1. The molecule has 2 N–H and O–H groups in total. The first-order valence-corrected chi connectivity index (χ1v) is 10.3. The topological polar surface area (TPSA) is 118 Å². The minimum Gasteiger partial charge on any atom is -0.496 e. The quantitative estimate of drug-likeness (QED) is 0.352. The highest BCUT2D eigenvalue weighted by Crippen LogP contribution is 2.42.